The molecule has 1 aliphatic carbocycles. The molecule has 0 fully saturated rings. The highest BCUT2D eigenvalue weighted by molar-refractivity contribution is 6.12. The van der Waals surface area contributed by atoms with E-state index in [0.29, 0.717) is 52.5 Å². The molecule has 0 spiro atoms. The number of anilines is 2. The second-order valence-electron chi connectivity index (χ2n) is 10.9. The molecule has 4 aromatic carbocycles. The molecule has 1 aliphatic heterocycles. The van der Waals surface area contributed by atoms with Crippen LogP contribution in [0.4, 0.5) is 11.4 Å². The molecule has 0 unspecified atom stereocenters. The van der Waals surface area contributed by atoms with Crippen LogP contribution in [0.2, 0.25) is 0 Å². The first-order valence-corrected chi connectivity index (χ1v) is 14.3. The fourth-order valence-corrected chi connectivity index (χ4v) is 6.18. The van der Waals surface area contributed by atoms with Crippen LogP contribution < -0.4 is 24.4 Å². The van der Waals surface area contributed by atoms with Crippen molar-refractivity contribution in [3.8, 4) is 17.2 Å². The molecule has 4 aromatic rings. The summed E-state index contributed by atoms with van der Waals surface area (Å²) in [6.45, 7) is 2.06. The number of aryl methyl sites for hydroxylation is 1. The molecule has 0 bridgehead atoms. The third-order valence-corrected chi connectivity index (χ3v) is 8.28. The van der Waals surface area contributed by atoms with Gasteiger partial charge in [0.25, 0.3) is 5.91 Å². The minimum absolute atomic E-state index is 0.00322. The fourth-order valence-electron chi connectivity index (χ4n) is 6.18. The number of ether oxygens (including phenoxy) is 3. The third-order valence-electron chi connectivity index (χ3n) is 8.28. The highest BCUT2D eigenvalue weighted by Gasteiger charge is 2.42. The van der Waals surface area contributed by atoms with Gasteiger partial charge < -0.3 is 19.5 Å². The quantitative estimate of drug-likeness (QED) is 0.262. The van der Waals surface area contributed by atoms with Crippen LogP contribution in [0.5, 0.6) is 17.2 Å². The number of nitrogens with zero attached hydrogens (tertiary/aromatic N) is 1. The number of Topliss-reactive ketones (excluding diaryl/α,β-unsaturated/α-hetero) is 1. The van der Waals surface area contributed by atoms with Crippen LogP contribution in [-0.4, -0.2) is 33.0 Å². The molecule has 2 aliphatic rings. The van der Waals surface area contributed by atoms with Gasteiger partial charge in [-0.1, -0.05) is 60.2 Å². The zero-order chi connectivity index (χ0) is 30.1. The lowest BCUT2D eigenvalue weighted by atomic mass is 9.78. The lowest BCUT2D eigenvalue weighted by molar-refractivity contribution is -0.116. The van der Waals surface area contributed by atoms with Crippen molar-refractivity contribution < 1.29 is 23.8 Å². The van der Waals surface area contributed by atoms with Gasteiger partial charge in [-0.2, -0.15) is 0 Å². The normalized spacial score (nSPS) is 17.8. The topological polar surface area (TPSA) is 77.1 Å². The van der Waals surface area contributed by atoms with Crippen LogP contribution in [0.3, 0.4) is 0 Å². The van der Waals surface area contributed by atoms with Gasteiger partial charge in [0.1, 0.15) is 0 Å². The van der Waals surface area contributed by atoms with E-state index in [4.69, 9.17) is 14.2 Å². The lowest BCUT2D eigenvalue weighted by Crippen LogP contribution is -2.38. The van der Waals surface area contributed by atoms with Crippen LogP contribution in [0.15, 0.2) is 102 Å². The number of para-hydroxylation sites is 2. The van der Waals surface area contributed by atoms with Crippen LogP contribution >= 0.6 is 0 Å². The summed E-state index contributed by atoms with van der Waals surface area (Å²) in [6, 6.07) is 28.1. The summed E-state index contributed by atoms with van der Waals surface area (Å²) >= 11 is 0. The summed E-state index contributed by atoms with van der Waals surface area (Å²) in [5, 5.41) is 3.60. The number of hydrogen-bond donors (Lipinski definition) is 1. The van der Waals surface area contributed by atoms with Gasteiger partial charge in [0.05, 0.1) is 38.7 Å². The molecule has 2 atom stereocenters. The van der Waals surface area contributed by atoms with Gasteiger partial charge in [0.2, 0.25) is 5.75 Å². The number of carbonyl (C=O) groups excluding carboxylic acids is 2. The largest absolute Gasteiger partial charge is 0.493 e. The number of rotatable bonds is 6. The first kappa shape index (κ1) is 28.1. The lowest BCUT2D eigenvalue weighted by Gasteiger charge is -2.35. The van der Waals surface area contributed by atoms with E-state index in [1.54, 1.807) is 38.4 Å². The summed E-state index contributed by atoms with van der Waals surface area (Å²) in [5.41, 5.74) is 6.26. The molecular formula is C36H34N2O5. The highest BCUT2D eigenvalue weighted by atomic mass is 16.5. The molecule has 0 aromatic heterocycles. The van der Waals surface area contributed by atoms with E-state index in [1.807, 2.05) is 54.6 Å². The van der Waals surface area contributed by atoms with Gasteiger partial charge in [-0.15, -0.1) is 0 Å². The number of carbonyl (C=O) groups is 2. The molecule has 43 heavy (non-hydrogen) atoms. The number of amides is 1. The van der Waals surface area contributed by atoms with E-state index < -0.39 is 6.04 Å². The molecule has 1 amide bonds. The Morgan fingerprint density at radius 2 is 1.44 bits per heavy atom. The Bertz CT molecular complexity index is 1690. The number of fused-ring (bicyclic) bond motifs is 1. The Morgan fingerprint density at radius 1 is 0.791 bits per heavy atom. The van der Waals surface area contributed by atoms with Gasteiger partial charge in [-0.05, 0) is 66.8 Å². The maximum atomic E-state index is 14.5. The Morgan fingerprint density at radius 3 is 2.09 bits per heavy atom. The van der Waals surface area contributed by atoms with Crippen LogP contribution in [-0.2, 0) is 4.79 Å². The van der Waals surface area contributed by atoms with Crippen LogP contribution in [0.1, 0.15) is 51.8 Å². The van der Waals surface area contributed by atoms with Gasteiger partial charge in [-0.25, -0.2) is 0 Å². The summed E-state index contributed by atoms with van der Waals surface area (Å²) in [5.74, 6) is 1.08. The SMILES string of the molecule is COc1cc([C@@H]2C3=C(C[C@H](c4ccc(C)cc4)CC3=O)Nc3ccccc3N2C(=O)c2ccccc2)cc(OC)c1OC. The first-order valence-electron chi connectivity index (χ1n) is 14.3. The Hall–Kier alpha value is -5.04. The van der Waals surface area contributed by atoms with Crippen molar-refractivity contribution in [2.24, 2.45) is 0 Å². The first-order chi connectivity index (χ1) is 20.9. The van der Waals surface area contributed by atoms with E-state index in [-0.39, 0.29) is 17.6 Å². The van der Waals surface area contributed by atoms with Crippen molar-refractivity contribution in [2.75, 3.05) is 31.5 Å². The zero-order valence-electron chi connectivity index (χ0n) is 24.7. The monoisotopic (exact) mass is 574 g/mol. The number of allylic oxidation sites excluding steroid dienone is 1. The third kappa shape index (κ3) is 5.12. The number of nitrogens with one attached hydrogen (secondary N) is 1. The number of hydrogen-bond acceptors (Lipinski definition) is 6. The van der Waals surface area contributed by atoms with Crippen molar-refractivity contribution in [3.05, 3.63) is 125 Å². The molecule has 0 saturated carbocycles. The van der Waals surface area contributed by atoms with Crippen molar-refractivity contribution in [1.29, 1.82) is 0 Å². The van der Waals surface area contributed by atoms with Crippen molar-refractivity contribution in [1.82, 2.24) is 0 Å². The molecule has 0 radical (unpaired) electrons. The zero-order valence-corrected chi connectivity index (χ0v) is 24.7. The molecule has 7 heteroatoms. The summed E-state index contributed by atoms with van der Waals surface area (Å²) in [7, 11) is 4.66. The van der Waals surface area contributed by atoms with Crippen LogP contribution in [0.25, 0.3) is 0 Å². The fraction of sp³-hybridized carbons (Fsp3) is 0.222. The van der Waals surface area contributed by atoms with Crippen molar-refractivity contribution in [2.45, 2.75) is 31.7 Å². The van der Waals surface area contributed by atoms with Crippen LogP contribution in [0, 0.1) is 6.92 Å². The summed E-state index contributed by atoms with van der Waals surface area (Å²) < 4.78 is 17.0. The Kier molecular flexibility index (Phi) is 7.63. The summed E-state index contributed by atoms with van der Waals surface area (Å²) in [6.07, 6.45) is 0.945. The average Bonchev–Trinajstić information content (AvgIpc) is 3.19. The second-order valence-corrected chi connectivity index (χ2v) is 10.9. The van der Waals surface area contributed by atoms with Gasteiger partial charge >= 0.3 is 0 Å². The summed E-state index contributed by atoms with van der Waals surface area (Å²) in [4.78, 5) is 30.6. The number of benzene rings is 4. The second kappa shape index (κ2) is 11.7. The molecule has 1 N–H and O–H groups in total. The average molecular weight is 575 g/mol. The maximum Gasteiger partial charge on any atom is 0.259 e. The molecule has 218 valence electrons. The minimum Gasteiger partial charge on any atom is -0.493 e. The minimum atomic E-state index is -0.765. The van der Waals surface area contributed by atoms with E-state index in [2.05, 4.69) is 36.5 Å². The molecule has 1 heterocycles. The van der Waals surface area contributed by atoms with E-state index in [1.165, 1.54) is 5.56 Å². The number of methoxy groups -OCH3 is 3. The van der Waals surface area contributed by atoms with Crippen molar-refractivity contribution in [3.63, 3.8) is 0 Å². The highest BCUT2D eigenvalue weighted by Crippen LogP contribution is 2.50. The van der Waals surface area contributed by atoms with E-state index in [0.717, 1.165) is 16.9 Å². The van der Waals surface area contributed by atoms with E-state index in [9.17, 15) is 9.59 Å². The molecule has 7 nitrogen and oxygen atoms in total. The molecule has 6 rings (SSSR count). The predicted molar refractivity (Wildman–Crippen MR) is 167 cm³/mol. The molecule has 0 saturated heterocycles. The smallest absolute Gasteiger partial charge is 0.259 e. The van der Waals surface area contributed by atoms with Gasteiger partial charge in [0, 0.05) is 23.3 Å². The Labute approximate surface area is 251 Å². The molecular weight excluding hydrogens is 540 g/mol. The number of ketones is 1. The predicted octanol–water partition coefficient (Wildman–Crippen LogP) is 7.24. The van der Waals surface area contributed by atoms with Gasteiger partial charge in [-0.3, -0.25) is 14.5 Å². The maximum absolute atomic E-state index is 14.5. The van der Waals surface area contributed by atoms with Crippen molar-refractivity contribution >= 4 is 23.1 Å². The Balaban J connectivity index is 1.61. The van der Waals surface area contributed by atoms with Gasteiger partial charge in [0.15, 0.2) is 17.3 Å². The van der Waals surface area contributed by atoms with E-state index >= 15 is 0 Å². The standard InChI is InChI=1S/C36H34N2O5/c1-22-14-16-23(17-15-22)25-18-28-33(30(39)19-25)34(26-20-31(41-2)35(43-4)32(21-26)42-3)38(29-13-9-8-12-27(29)37-28)36(40)24-10-6-5-7-11-24/h5-17,20-21,25,34,37H,18-19H2,1-4H3/t25-,34+/m0/s1.